The molecule has 0 spiro atoms. The summed E-state index contributed by atoms with van der Waals surface area (Å²) in [6.45, 7) is 4.87. The fraction of sp³-hybridized carbons (Fsp3) is 1.00. The lowest BCUT2D eigenvalue weighted by Gasteiger charge is -2.11. The highest BCUT2D eigenvalue weighted by Crippen LogP contribution is 1.94. The highest BCUT2D eigenvalue weighted by Gasteiger charge is 1.98. The van der Waals surface area contributed by atoms with Crippen molar-refractivity contribution in [2.45, 2.75) is 19.4 Å². The van der Waals surface area contributed by atoms with Crippen LogP contribution in [0.25, 0.3) is 0 Å². The fourth-order valence-electron chi connectivity index (χ4n) is 0.793. The predicted octanol–water partition coefficient (Wildman–Crippen LogP) is 0.220. The van der Waals surface area contributed by atoms with E-state index in [-0.39, 0.29) is 0 Å². The Morgan fingerprint density at radius 1 is 1.18 bits per heavy atom. The maximum atomic E-state index is 5.48. The van der Waals surface area contributed by atoms with E-state index >= 15 is 0 Å². The summed E-state index contributed by atoms with van der Waals surface area (Å²) in [5.41, 5.74) is 0. The van der Waals surface area contributed by atoms with Gasteiger partial charge in [-0.1, -0.05) is 0 Å². The normalized spacial score (nSPS) is 13.4. The van der Waals surface area contributed by atoms with Gasteiger partial charge in [-0.2, -0.15) is 0 Å². The molecule has 0 aromatic carbocycles. The van der Waals surface area contributed by atoms with Crippen molar-refractivity contribution >= 4 is 0 Å². The molecule has 1 atom stereocenters. The lowest BCUT2D eigenvalue weighted by atomic mass is 10.3. The zero-order chi connectivity index (χ0) is 8.53. The van der Waals surface area contributed by atoms with Crippen LogP contribution in [0.5, 0.6) is 0 Å². The van der Waals surface area contributed by atoms with Gasteiger partial charge in [0, 0.05) is 6.54 Å². The number of hydrogen-bond acceptors (Lipinski definition) is 3. The first-order chi connectivity index (χ1) is 5.31. The van der Waals surface area contributed by atoms with Crippen molar-refractivity contribution in [1.29, 1.82) is 0 Å². The quantitative estimate of drug-likeness (QED) is 0.523. The van der Waals surface area contributed by atoms with Crippen LogP contribution >= 0.6 is 0 Å². The lowest BCUT2D eigenvalue weighted by molar-refractivity contribution is 0.0636. The molecule has 0 heterocycles. The van der Waals surface area contributed by atoms with E-state index in [0.29, 0.717) is 6.10 Å². The topological polar surface area (TPSA) is 33.3 Å². The van der Waals surface area contributed by atoms with Gasteiger partial charge in [0.1, 0.15) is 0 Å². The fourth-order valence-corrected chi connectivity index (χ4v) is 0.793. The molecule has 0 amide bonds. The van der Waals surface area contributed by atoms with Gasteiger partial charge in [-0.25, -0.2) is 0 Å². The molecule has 1 unspecified atom stereocenters. The Hall–Kier alpha value is -0.120. The average molecular weight is 160 g/mol. The van der Waals surface area contributed by atoms with Crippen molar-refractivity contribution in [1.82, 2.24) is 10.6 Å². The summed E-state index contributed by atoms with van der Waals surface area (Å²) in [4.78, 5) is 0. The third-order valence-electron chi connectivity index (χ3n) is 1.56. The summed E-state index contributed by atoms with van der Waals surface area (Å²) in [6, 6.07) is 0. The Morgan fingerprint density at radius 2 is 1.82 bits per heavy atom. The number of hydrogen-bond donors (Lipinski definition) is 2. The van der Waals surface area contributed by atoms with E-state index in [1.807, 2.05) is 14.1 Å². The molecular formula is C8H20N2O. The number of nitrogens with one attached hydrogen (secondary N) is 2. The molecule has 0 aromatic rings. The van der Waals surface area contributed by atoms with Crippen LogP contribution in [0.2, 0.25) is 0 Å². The highest BCUT2D eigenvalue weighted by molar-refractivity contribution is 4.52. The monoisotopic (exact) mass is 160 g/mol. The van der Waals surface area contributed by atoms with E-state index in [9.17, 15) is 0 Å². The van der Waals surface area contributed by atoms with E-state index in [1.165, 1.54) is 0 Å². The molecule has 2 N–H and O–H groups in total. The first-order valence-corrected chi connectivity index (χ1v) is 4.22. The van der Waals surface area contributed by atoms with E-state index in [4.69, 9.17) is 4.74 Å². The second-order valence-corrected chi connectivity index (χ2v) is 2.68. The molecule has 0 aliphatic rings. The molecule has 0 saturated carbocycles. The average Bonchev–Trinajstić information content (AvgIpc) is 2.01. The maximum absolute atomic E-state index is 5.48. The maximum Gasteiger partial charge on any atom is 0.0594 e. The Bertz CT molecular complexity index is 78.5. The van der Waals surface area contributed by atoms with Crippen LogP contribution in [0.1, 0.15) is 13.3 Å². The largest absolute Gasteiger partial charge is 0.377 e. The summed E-state index contributed by atoms with van der Waals surface area (Å²) < 4.78 is 5.48. The van der Waals surface area contributed by atoms with Crippen molar-refractivity contribution in [3.63, 3.8) is 0 Å². The van der Waals surface area contributed by atoms with Gasteiger partial charge in [-0.05, 0) is 34.0 Å². The van der Waals surface area contributed by atoms with Crippen LogP contribution < -0.4 is 10.6 Å². The summed E-state index contributed by atoms with van der Waals surface area (Å²) >= 11 is 0. The molecule has 0 aliphatic carbocycles. The molecule has 0 bridgehead atoms. The zero-order valence-corrected chi connectivity index (χ0v) is 7.81. The number of likely N-dealkylation sites (N-methyl/N-ethyl adjacent to an activating group) is 1. The van der Waals surface area contributed by atoms with Gasteiger partial charge in [0.2, 0.25) is 0 Å². The molecule has 0 rings (SSSR count). The molecule has 0 radical (unpaired) electrons. The van der Waals surface area contributed by atoms with E-state index in [2.05, 4.69) is 17.6 Å². The van der Waals surface area contributed by atoms with E-state index in [0.717, 1.165) is 26.1 Å². The highest BCUT2D eigenvalue weighted by atomic mass is 16.5. The van der Waals surface area contributed by atoms with Crippen LogP contribution in [-0.4, -0.2) is 39.9 Å². The van der Waals surface area contributed by atoms with Gasteiger partial charge in [0.05, 0.1) is 12.7 Å². The second-order valence-electron chi connectivity index (χ2n) is 2.68. The molecule has 0 saturated heterocycles. The Kier molecular flexibility index (Phi) is 7.89. The van der Waals surface area contributed by atoms with Crippen LogP contribution in [0.3, 0.4) is 0 Å². The molecule has 0 aromatic heterocycles. The van der Waals surface area contributed by atoms with Gasteiger partial charge in [0.25, 0.3) is 0 Å². The van der Waals surface area contributed by atoms with Crippen molar-refractivity contribution in [3.05, 3.63) is 0 Å². The molecular weight excluding hydrogens is 140 g/mol. The molecule has 68 valence electrons. The Balaban J connectivity index is 3.02. The molecule has 3 nitrogen and oxygen atoms in total. The number of ether oxygens (including phenoxy) is 1. The van der Waals surface area contributed by atoms with Crippen LogP contribution in [0, 0.1) is 0 Å². The SMILES string of the molecule is CNCCOC(C)CCNC. The van der Waals surface area contributed by atoms with Crippen molar-refractivity contribution < 1.29 is 4.74 Å². The van der Waals surface area contributed by atoms with Crippen molar-refractivity contribution in [3.8, 4) is 0 Å². The minimum absolute atomic E-state index is 0.371. The summed E-state index contributed by atoms with van der Waals surface area (Å²) in [5.74, 6) is 0. The van der Waals surface area contributed by atoms with E-state index < -0.39 is 0 Å². The van der Waals surface area contributed by atoms with Gasteiger partial charge in [-0.3, -0.25) is 0 Å². The van der Waals surface area contributed by atoms with E-state index in [1.54, 1.807) is 0 Å². The first-order valence-electron chi connectivity index (χ1n) is 4.22. The summed E-state index contributed by atoms with van der Waals surface area (Å²) in [5, 5.41) is 6.13. The molecule has 0 fully saturated rings. The van der Waals surface area contributed by atoms with Crippen molar-refractivity contribution in [2.24, 2.45) is 0 Å². The smallest absolute Gasteiger partial charge is 0.0594 e. The zero-order valence-electron chi connectivity index (χ0n) is 7.81. The van der Waals surface area contributed by atoms with Crippen LogP contribution in [0.15, 0.2) is 0 Å². The minimum atomic E-state index is 0.371. The van der Waals surface area contributed by atoms with Crippen LogP contribution in [-0.2, 0) is 4.74 Å². The molecule has 3 heteroatoms. The lowest BCUT2D eigenvalue weighted by Crippen LogP contribution is -2.21. The number of rotatable bonds is 7. The van der Waals surface area contributed by atoms with Crippen LogP contribution in [0.4, 0.5) is 0 Å². The first kappa shape index (κ1) is 10.9. The third kappa shape index (κ3) is 7.78. The third-order valence-corrected chi connectivity index (χ3v) is 1.56. The summed E-state index contributed by atoms with van der Waals surface area (Å²) in [6.07, 6.45) is 1.45. The van der Waals surface area contributed by atoms with Gasteiger partial charge < -0.3 is 15.4 Å². The van der Waals surface area contributed by atoms with Gasteiger partial charge in [0.15, 0.2) is 0 Å². The summed E-state index contributed by atoms with van der Waals surface area (Å²) in [7, 11) is 3.89. The molecule has 0 aliphatic heterocycles. The Morgan fingerprint density at radius 3 is 2.36 bits per heavy atom. The standard InChI is InChI=1S/C8H20N2O/c1-8(4-5-9-2)11-7-6-10-3/h8-10H,4-7H2,1-3H3. The van der Waals surface area contributed by atoms with Crippen molar-refractivity contribution in [2.75, 3.05) is 33.8 Å². The second kappa shape index (κ2) is 7.98. The minimum Gasteiger partial charge on any atom is -0.377 e. The van der Waals surface area contributed by atoms with Gasteiger partial charge >= 0.3 is 0 Å². The van der Waals surface area contributed by atoms with Gasteiger partial charge in [-0.15, -0.1) is 0 Å². The Labute approximate surface area is 69.5 Å². The molecule has 11 heavy (non-hydrogen) atoms. The predicted molar refractivity (Wildman–Crippen MR) is 47.9 cm³/mol.